The SMILES string of the molecule is CNC(=O)C(C)NS(=O)(=O)c1cccc(CN)c1. The van der Waals surface area contributed by atoms with Crippen molar-refractivity contribution in [1.82, 2.24) is 10.0 Å². The zero-order valence-electron chi connectivity index (χ0n) is 10.3. The lowest BCUT2D eigenvalue weighted by molar-refractivity contribution is -0.121. The molecular formula is C11H17N3O3S. The lowest BCUT2D eigenvalue weighted by atomic mass is 10.2. The third-order valence-corrected chi connectivity index (χ3v) is 3.95. The summed E-state index contributed by atoms with van der Waals surface area (Å²) in [6.45, 7) is 1.73. The first kappa shape index (κ1) is 14.6. The van der Waals surface area contributed by atoms with Crippen LogP contribution in [-0.2, 0) is 21.4 Å². The lowest BCUT2D eigenvalue weighted by Gasteiger charge is -2.13. The smallest absolute Gasteiger partial charge is 0.241 e. The van der Waals surface area contributed by atoms with E-state index in [0.29, 0.717) is 5.56 Å². The van der Waals surface area contributed by atoms with E-state index in [9.17, 15) is 13.2 Å². The molecule has 0 aliphatic rings. The molecule has 0 spiro atoms. The Bertz CT molecular complexity index is 528. The minimum Gasteiger partial charge on any atom is -0.358 e. The number of likely N-dealkylation sites (N-methyl/N-ethyl adjacent to an activating group) is 1. The molecule has 0 radical (unpaired) electrons. The van der Waals surface area contributed by atoms with E-state index in [2.05, 4.69) is 10.0 Å². The highest BCUT2D eigenvalue weighted by molar-refractivity contribution is 7.89. The number of amides is 1. The predicted octanol–water partition coefficient (Wildman–Crippen LogP) is -0.442. The second-order valence-electron chi connectivity index (χ2n) is 3.81. The number of hydrogen-bond donors (Lipinski definition) is 3. The van der Waals surface area contributed by atoms with Crippen LogP contribution in [-0.4, -0.2) is 27.4 Å². The van der Waals surface area contributed by atoms with Crippen LogP contribution < -0.4 is 15.8 Å². The van der Waals surface area contributed by atoms with Crippen LogP contribution in [0.3, 0.4) is 0 Å². The fourth-order valence-corrected chi connectivity index (χ4v) is 2.68. The Labute approximate surface area is 107 Å². The molecule has 100 valence electrons. The summed E-state index contributed by atoms with van der Waals surface area (Å²) in [5.74, 6) is -0.395. The van der Waals surface area contributed by atoms with Gasteiger partial charge in [-0.2, -0.15) is 4.72 Å². The lowest BCUT2D eigenvalue weighted by Crippen LogP contribution is -2.43. The topological polar surface area (TPSA) is 101 Å². The first-order valence-corrected chi connectivity index (χ1v) is 6.92. The fourth-order valence-electron chi connectivity index (χ4n) is 1.41. The van der Waals surface area contributed by atoms with Crippen molar-refractivity contribution < 1.29 is 13.2 Å². The van der Waals surface area contributed by atoms with Crippen molar-refractivity contribution in [3.8, 4) is 0 Å². The molecule has 0 heterocycles. The minimum atomic E-state index is -3.71. The molecule has 0 bridgehead atoms. The van der Waals surface area contributed by atoms with Crippen molar-refractivity contribution in [2.45, 2.75) is 24.4 Å². The number of nitrogens with two attached hydrogens (primary N) is 1. The van der Waals surface area contributed by atoms with Gasteiger partial charge in [0.05, 0.1) is 10.9 Å². The molecule has 0 aliphatic heterocycles. The van der Waals surface area contributed by atoms with Gasteiger partial charge in [-0.15, -0.1) is 0 Å². The third kappa shape index (κ3) is 3.52. The summed E-state index contributed by atoms with van der Waals surface area (Å²) in [5, 5.41) is 2.38. The van der Waals surface area contributed by atoms with Crippen LogP contribution in [0.4, 0.5) is 0 Å². The summed E-state index contributed by atoms with van der Waals surface area (Å²) in [6.07, 6.45) is 0. The molecular weight excluding hydrogens is 254 g/mol. The molecule has 7 heteroatoms. The third-order valence-electron chi connectivity index (χ3n) is 2.42. The molecule has 0 saturated heterocycles. The maximum Gasteiger partial charge on any atom is 0.241 e. The van der Waals surface area contributed by atoms with Gasteiger partial charge in [-0.25, -0.2) is 8.42 Å². The number of benzene rings is 1. The summed E-state index contributed by atoms with van der Waals surface area (Å²) >= 11 is 0. The fraction of sp³-hybridized carbons (Fsp3) is 0.364. The Hall–Kier alpha value is -1.44. The standard InChI is InChI=1S/C11H17N3O3S/c1-8(11(15)13-2)14-18(16,17)10-5-3-4-9(6-10)7-12/h3-6,8,14H,7,12H2,1-2H3,(H,13,15). The van der Waals surface area contributed by atoms with Gasteiger partial charge in [-0.05, 0) is 24.6 Å². The molecule has 18 heavy (non-hydrogen) atoms. The minimum absolute atomic E-state index is 0.0983. The van der Waals surface area contributed by atoms with Crippen LogP contribution in [0.1, 0.15) is 12.5 Å². The van der Waals surface area contributed by atoms with E-state index < -0.39 is 22.0 Å². The summed E-state index contributed by atoms with van der Waals surface area (Å²) in [4.78, 5) is 11.4. The van der Waals surface area contributed by atoms with E-state index in [1.165, 1.54) is 26.1 Å². The van der Waals surface area contributed by atoms with Gasteiger partial charge in [0.2, 0.25) is 15.9 Å². The molecule has 6 nitrogen and oxygen atoms in total. The molecule has 1 unspecified atom stereocenters. The average Bonchev–Trinajstić information content (AvgIpc) is 2.37. The Balaban J connectivity index is 2.96. The highest BCUT2D eigenvalue weighted by Gasteiger charge is 2.21. The molecule has 1 amide bonds. The molecule has 1 atom stereocenters. The Morgan fingerprint density at radius 1 is 1.44 bits per heavy atom. The number of carbonyl (C=O) groups excluding carboxylic acids is 1. The molecule has 1 aromatic carbocycles. The number of carbonyl (C=O) groups is 1. The quantitative estimate of drug-likeness (QED) is 0.675. The average molecular weight is 271 g/mol. The first-order chi connectivity index (χ1) is 8.40. The highest BCUT2D eigenvalue weighted by Crippen LogP contribution is 2.11. The largest absolute Gasteiger partial charge is 0.358 e. The van der Waals surface area contributed by atoms with Crippen molar-refractivity contribution in [2.75, 3.05) is 7.05 Å². The van der Waals surface area contributed by atoms with E-state index in [0.717, 1.165) is 0 Å². The second kappa shape index (κ2) is 5.94. The number of sulfonamides is 1. The van der Waals surface area contributed by atoms with Crippen molar-refractivity contribution >= 4 is 15.9 Å². The predicted molar refractivity (Wildman–Crippen MR) is 68.2 cm³/mol. The number of rotatable bonds is 5. The highest BCUT2D eigenvalue weighted by atomic mass is 32.2. The van der Waals surface area contributed by atoms with Crippen LogP contribution >= 0.6 is 0 Å². The first-order valence-electron chi connectivity index (χ1n) is 5.43. The molecule has 0 aromatic heterocycles. The van der Waals surface area contributed by atoms with Gasteiger partial charge in [0.15, 0.2) is 0 Å². The van der Waals surface area contributed by atoms with Crippen LogP contribution in [0.2, 0.25) is 0 Å². The van der Waals surface area contributed by atoms with Crippen molar-refractivity contribution in [1.29, 1.82) is 0 Å². The van der Waals surface area contributed by atoms with Gasteiger partial charge in [-0.1, -0.05) is 12.1 Å². The molecule has 1 rings (SSSR count). The van der Waals surface area contributed by atoms with E-state index in [1.54, 1.807) is 12.1 Å². The zero-order chi connectivity index (χ0) is 13.8. The molecule has 1 aromatic rings. The van der Waals surface area contributed by atoms with E-state index in [1.807, 2.05) is 0 Å². The van der Waals surface area contributed by atoms with Gasteiger partial charge in [0, 0.05) is 13.6 Å². The summed E-state index contributed by atoms with van der Waals surface area (Å²) in [5.41, 5.74) is 6.17. The van der Waals surface area contributed by atoms with E-state index in [4.69, 9.17) is 5.73 Å². The summed E-state index contributed by atoms with van der Waals surface area (Å²) in [7, 11) is -2.27. The maximum atomic E-state index is 12.0. The van der Waals surface area contributed by atoms with Crippen LogP contribution in [0.5, 0.6) is 0 Å². The Morgan fingerprint density at radius 3 is 2.67 bits per heavy atom. The van der Waals surface area contributed by atoms with E-state index in [-0.39, 0.29) is 11.4 Å². The summed E-state index contributed by atoms with van der Waals surface area (Å²) in [6, 6.07) is 5.46. The van der Waals surface area contributed by atoms with E-state index >= 15 is 0 Å². The van der Waals surface area contributed by atoms with Crippen LogP contribution in [0, 0.1) is 0 Å². The zero-order valence-corrected chi connectivity index (χ0v) is 11.1. The molecule has 0 fully saturated rings. The van der Waals surface area contributed by atoms with Gasteiger partial charge >= 0.3 is 0 Å². The van der Waals surface area contributed by atoms with Crippen LogP contribution in [0.25, 0.3) is 0 Å². The van der Waals surface area contributed by atoms with Gasteiger partial charge < -0.3 is 11.1 Å². The number of nitrogens with one attached hydrogen (secondary N) is 2. The normalized spacial score (nSPS) is 13.1. The summed E-state index contributed by atoms with van der Waals surface area (Å²) < 4.78 is 26.3. The van der Waals surface area contributed by atoms with Crippen molar-refractivity contribution in [3.05, 3.63) is 29.8 Å². The van der Waals surface area contributed by atoms with Gasteiger partial charge in [0.1, 0.15) is 0 Å². The maximum absolute atomic E-state index is 12.0. The van der Waals surface area contributed by atoms with Gasteiger partial charge in [-0.3, -0.25) is 4.79 Å². The van der Waals surface area contributed by atoms with Crippen LogP contribution in [0.15, 0.2) is 29.2 Å². The number of hydrogen-bond acceptors (Lipinski definition) is 4. The molecule has 0 saturated carbocycles. The Morgan fingerprint density at radius 2 is 2.11 bits per heavy atom. The molecule has 0 aliphatic carbocycles. The van der Waals surface area contributed by atoms with Crippen molar-refractivity contribution in [2.24, 2.45) is 5.73 Å². The monoisotopic (exact) mass is 271 g/mol. The molecule has 4 N–H and O–H groups in total. The van der Waals surface area contributed by atoms with Crippen molar-refractivity contribution in [3.63, 3.8) is 0 Å². The second-order valence-corrected chi connectivity index (χ2v) is 5.52. The van der Waals surface area contributed by atoms with Gasteiger partial charge in [0.25, 0.3) is 0 Å². The Kier molecular flexibility index (Phi) is 4.83.